The van der Waals surface area contributed by atoms with E-state index in [0.29, 0.717) is 0 Å². The number of nitriles is 1. The van der Waals surface area contributed by atoms with Crippen molar-refractivity contribution in [3.8, 4) is 6.07 Å². The van der Waals surface area contributed by atoms with Crippen molar-refractivity contribution in [1.29, 1.82) is 5.26 Å². The summed E-state index contributed by atoms with van der Waals surface area (Å²) in [7, 11) is 0. The number of carbonyl (C=O) groups is 2. The van der Waals surface area contributed by atoms with Gasteiger partial charge in [-0.25, -0.2) is 4.79 Å². The largest absolute Gasteiger partial charge is 0.481 e. The lowest BCUT2D eigenvalue weighted by Crippen LogP contribution is -2.36. The minimum atomic E-state index is -4.71. The van der Waals surface area contributed by atoms with E-state index in [0.717, 1.165) is 4.90 Å². The lowest BCUT2D eigenvalue weighted by molar-refractivity contribution is -0.187. The van der Waals surface area contributed by atoms with Crippen LogP contribution in [0.5, 0.6) is 0 Å². The molecule has 0 radical (unpaired) electrons. The Hall–Kier alpha value is -2.70. The molecule has 0 spiro atoms. The molecule has 1 aromatic rings. The number of likely N-dealkylation sites (tertiary alicyclic amines) is 1. The summed E-state index contributed by atoms with van der Waals surface area (Å²) < 4.78 is 40.7. The third-order valence-electron chi connectivity index (χ3n) is 4.25. The molecule has 0 unspecified atom stereocenters. The molecule has 10 heteroatoms. The summed E-state index contributed by atoms with van der Waals surface area (Å²) in [6, 6.07) is 2.51. The number of nitrogens with one attached hydrogen (secondary N) is 1. The van der Waals surface area contributed by atoms with Crippen LogP contribution in [0.4, 0.5) is 23.8 Å². The third kappa shape index (κ3) is 3.92. The van der Waals surface area contributed by atoms with E-state index in [1.165, 1.54) is 12.3 Å². The molecule has 1 aromatic heterocycles. The highest BCUT2D eigenvalue weighted by molar-refractivity contribution is 5.89. The topological polar surface area (TPSA) is 98.4 Å². The highest BCUT2D eigenvalue weighted by Crippen LogP contribution is 2.38. The number of carbonyl (C=O) groups excluding carboxylic acids is 1. The molecule has 2 N–H and O–H groups in total. The number of alkyl halides is 3. The minimum absolute atomic E-state index is 0.251. The molecule has 1 aliphatic heterocycles. The van der Waals surface area contributed by atoms with Crippen LogP contribution in [0.1, 0.15) is 26.3 Å². The number of halogens is 3. The lowest BCUT2D eigenvalue weighted by atomic mass is 9.96. The van der Waals surface area contributed by atoms with E-state index in [2.05, 4.69) is 5.32 Å². The van der Waals surface area contributed by atoms with Crippen LogP contribution < -0.4 is 5.32 Å². The number of hydrogen-bond acceptors (Lipinski definition) is 3. The number of aromatic nitrogens is 1. The average Bonchev–Trinajstić information content (AvgIpc) is 3.09. The van der Waals surface area contributed by atoms with Crippen LogP contribution >= 0.6 is 0 Å². The summed E-state index contributed by atoms with van der Waals surface area (Å²) in [5.74, 6) is -5.16. The molecule has 0 bridgehead atoms. The summed E-state index contributed by atoms with van der Waals surface area (Å²) in [4.78, 5) is 24.3. The zero-order valence-electron chi connectivity index (χ0n) is 14.5. The predicted molar refractivity (Wildman–Crippen MR) is 85.4 cm³/mol. The molecular weight excluding hydrogens is 353 g/mol. The Labute approximate surface area is 148 Å². The van der Waals surface area contributed by atoms with Crippen LogP contribution in [0, 0.1) is 23.2 Å². The van der Waals surface area contributed by atoms with Crippen molar-refractivity contribution in [2.45, 2.75) is 32.5 Å². The van der Waals surface area contributed by atoms with E-state index in [1.807, 2.05) is 26.8 Å². The molecule has 2 heterocycles. The number of nitrogens with zero attached hydrogens (tertiary/aromatic N) is 3. The molecule has 2 amide bonds. The van der Waals surface area contributed by atoms with Crippen LogP contribution in [0.2, 0.25) is 0 Å². The van der Waals surface area contributed by atoms with Gasteiger partial charge in [0.05, 0.1) is 17.4 Å². The first-order valence-corrected chi connectivity index (χ1v) is 7.83. The summed E-state index contributed by atoms with van der Waals surface area (Å²) in [5, 5.41) is 20.5. The molecule has 26 heavy (non-hydrogen) atoms. The van der Waals surface area contributed by atoms with Crippen molar-refractivity contribution in [2.75, 3.05) is 18.4 Å². The van der Waals surface area contributed by atoms with Gasteiger partial charge in [-0.2, -0.15) is 18.4 Å². The van der Waals surface area contributed by atoms with Crippen LogP contribution in [0.25, 0.3) is 0 Å². The van der Waals surface area contributed by atoms with Crippen molar-refractivity contribution >= 4 is 17.8 Å². The highest BCUT2D eigenvalue weighted by atomic mass is 19.4. The van der Waals surface area contributed by atoms with Gasteiger partial charge in [0.1, 0.15) is 11.9 Å². The lowest BCUT2D eigenvalue weighted by Gasteiger charge is -2.25. The number of amides is 2. The first-order chi connectivity index (χ1) is 11.8. The Morgan fingerprint density at radius 2 is 1.92 bits per heavy atom. The number of rotatable bonds is 2. The maximum atomic E-state index is 13.0. The summed E-state index contributed by atoms with van der Waals surface area (Å²) in [6.07, 6.45) is -3.18. The van der Waals surface area contributed by atoms with Crippen LogP contribution in [0.15, 0.2) is 12.3 Å². The number of carboxylic acids is 1. The highest BCUT2D eigenvalue weighted by Gasteiger charge is 2.53. The monoisotopic (exact) mass is 372 g/mol. The van der Waals surface area contributed by atoms with Gasteiger partial charge in [-0.15, -0.1) is 0 Å². The van der Waals surface area contributed by atoms with Gasteiger partial charge in [0.25, 0.3) is 0 Å². The maximum Gasteiger partial charge on any atom is 0.394 e. The van der Waals surface area contributed by atoms with E-state index in [9.17, 15) is 22.8 Å². The molecule has 0 saturated carbocycles. The van der Waals surface area contributed by atoms with Crippen molar-refractivity contribution < 1.29 is 27.9 Å². The summed E-state index contributed by atoms with van der Waals surface area (Å²) in [5.41, 5.74) is -0.200. The van der Waals surface area contributed by atoms with Crippen molar-refractivity contribution in [2.24, 2.45) is 11.8 Å². The molecule has 2 atom stereocenters. The van der Waals surface area contributed by atoms with Crippen LogP contribution in [-0.4, -0.2) is 45.8 Å². The SMILES string of the molecule is CC(C)(C)n1cc(C#N)cc1NC(=O)N1C[C@@H](C(F)(F)F)[C@H](C(=O)O)C1. The number of carboxylic acid groups (broad SMARTS) is 1. The van der Waals surface area contributed by atoms with Gasteiger partial charge in [0.15, 0.2) is 0 Å². The smallest absolute Gasteiger partial charge is 0.394 e. The molecule has 1 aliphatic rings. The molecular formula is C16H19F3N4O3. The molecule has 1 fully saturated rings. The maximum absolute atomic E-state index is 13.0. The Morgan fingerprint density at radius 3 is 2.35 bits per heavy atom. The molecule has 0 aromatic carbocycles. The molecule has 0 aliphatic carbocycles. The second kappa shape index (κ2) is 6.55. The van der Waals surface area contributed by atoms with Gasteiger partial charge in [-0.1, -0.05) is 0 Å². The summed E-state index contributed by atoms with van der Waals surface area (Å²) >= 11 is 0. The first kappa shape index (κ1) is 19.6. The van der Waals surface area contributed by atoms with Crippen molar-refractivity contribution in [3.63, 3.8) is 0 Å². The van der Waals surface area contributed by atoms with E-state index in [-0.39, 0.29) is 11.4 Å². The predicted octanol–water partition coefficient (Wildman–Crippen LogP) is 2.84. The molecule has 142 valence electrons. The van der Waals surface area contributed by atoms with Crippen molar-refractivity contribution in [1.82, 2.24) is 9.47 Å². The van der Waals surface area contributed by atoms with Crippen LogP contribution in [-0.2, 0) is 10.3 Å². The second-order valence-electron chi connectivity index (χ2n) is 7.19. The van der Waals surface area contributed by atoms with Gasteiger partial charge in [0.2, 0.25) is 0 Å². The number of urea groups is 1. The zero-order chi connectivity index (χ0) is 19.9. The van der Waals surface area contributed by atoms with Crippen LogP contribution in [0.3, 0.4) is 0 Å². The zero-order valence-corrected chi connectivity index (χ0v) is 14.5. The van der Waals surface area contributed by atoms with Gasteiger partial charge in [-0.3, -0.25) is 10.1 Å². The fraction of sp³-hybridized carbons (Fsp3) is 0.562. The standard InChI is InChI=1S/C16H19F3N4O3/c1-15(2,3)23-6-9(5-20)4-12(23)21-14(26)22-7-10(13(24)25)11(8-22)16(17,18)19/h4,6,10-11H,7-8H2,1-3H3,(H,21,26)(H,24,25)/t10-,11-/m1/s1. The molecule has 2 rings (SSSR count). The Balaban J connectivity index is 2.23. The van der Waals surface area contributed by atoms with E-state index < -0.39 is 48.6 Å². The van der Waals surface area contributed by atoms with Gasteiger partial charge < -0.3 is 14.6 Å². The average molecular weight is 372 g/mol. The van der Waals surface area contributed by atoms with E-state index in [4.69, 9.17) is 10.4 Å². The third-order valence-corrected chi connectivity index (χ3v) is 4.25. The van der Waals surface area contributed by atoms with Crippen molar-refractivity contribution in [3.05, 3.63) is 17.8 Å². The Bertz CT molecular complexity index is 758. The Kier molecular flexibility index (Phi) is 4.94. The normalized spacial score (nSPS) is 20.7. The van der Waals surface area contributed by atoms with Gasteiger partial charge in [0, 0.05) is 24.8 Å². The minimum Gasteiger partial charge on any atom is -0.481 e. The quantitative estimate of drug-likeness (QED) is 0.834. The van der Waals surface area contributed by atoms with Gasteiger partial charge in [-0.05, 0) is 26.8 Å². The fourth-order valence-corrected chi connectivity index (χ4v) is 2.92. The number of hydrogen-bond donors (Lipinski definition) is 2. The summed E-state index contributed by atoms with van der Waals surface area (Å²) in [6.45, 7) is 4.24. The molecule has 1 saturated heterocycles. The number of anilines is 1. The van der Waals surface area contributed by atoms with Gasteiger partial charge >= 0.3 is 18.2 Å². The first-order valence-electron chi connectivity index (χ1n) is 7.83. The second-order valence-corrected chi connectivity index (χ2v) is 7.19. The van der Waals surface area contributed by atoms with E-state index in [1.54, 1.807) is 4.57 Å². The van der Waals surface area contributed by atoms with E-state index >= 15 is 0 Å². The molecule has 7 nitrogen and oxygen atoms in total. The Morgan fingerprint density at radius 1 is 1.31 bits per heavy atom. The fourth-order valence-electron chi connectivity index (χ4n) is 2.92. The number of aliphatic carboxylic acids is 1.